The average Bonchev–Trinajstić information content (AvgIpc) is 3.38. The number of aryl methyl sites for hydroxylation is 1. The summed E-state index contributed by atoms with van der Waals surface area (Å²) in [6.45, 7) is 7.03. The first-order chi connectivity index (χ1) is 12.2. The average molecular weight is 341 g/mol. The van der Waals surface area contributed by atoms with Crippen molar-refractivity contribution in [1.29, 1.82) is 0 Å². The fourth-order valence-corrected chi connectivity index (χ4v) is 3.66. The number of rotatable bonds is 6. The molecule has 1 aliphatic heterocycles. The van der Waals surface area contributed by atoms with Crippen LogP contribution in [0.4, 0.5) is 0 Å². The summed E-state index contributed by atoms with van der Waals surface area (Å²) in [5.41, 5.74) is 2.36. The summed E-state index contributed by atoms with van der Waals surface area (Å²) in [5.74, 6) is 1.16. The van der Waals surface area contributed by atoms with Gasteiger partial charge in [0.2, 0.25) is 0 Å². The smallest absolute Gasteiger partial charge is 0.266 e. The lowest BCUT2D eigenvalue weighted by Gasteiger charge is -2.31. The molecule has 134 valence electrons. The van der Waals surface area contributed by atoms with E-state index >= 15 is 0 Å². The summed E-state index contributed by atoms with van der Waals surface area (Å²) < 4.78 is 3.73. The van der Waals surface area contributed by atoms with Crippen molar-refractivity contribution in [3.05, 3.63) is 46.1 Å². The molecule has 0 N–H and O–H groups in total. The van der Waals surface area contributed by atoms with Crippen LogP contribution in [0.15, 0.2) is 29.3 Å². The molecule has 0 amide bonds. The van der Waals surface area contributed by atoms with E-state index in [1.54, 1.807) is 10.7 Å². The zero-order valence-electron chi connectivity index (χ0n) is 15.0. The summed E-state index contributed by atoms with van der Waals surface area (Å²) >= 11 is 0. The van der Waals surface area contributed by atoms with Gasteiger partial charge in [-0.1, -0.05) is 0 Å². The van der Waals surface area contributed by atoms with Gasteiger partial charge in [-0.15, -0.1) is 0 Å². The second-order valence-electron chi connectivity index (χ2n) is 7.62. The van der Waals surface area contributed by atoms with Gasteiger partial charge in [-0.25, -0.2) is 4.68 Å². The SMILES string of the molecule is Cc1cnn(CCN2CCC(Cn3nc(C4CC4)ccc3=O)CC2)c1. The fraction of sp³-hybridized carbons (Fsp3) is 0.632. The van der Waals surface area contributed by atoms with E-state index < -0.39 is 0 Å². The third kappa shape index (κ3) is 4.18. The van der Waals surface area contributed by atoms with Crippen LogP contribution in [0.3, 0.4) is 0 Å². The van der Waals surface area contributed by atoms with Crippen molar-refractivity contribution in [1.82, 2.24) is 24.5 Å². The summed E-state index contributed by atoms with van der Waals surface area (Å²) in [5, 5.41) is 8.96. The normalized spacial score (nSPS) is 19.4. The van der Waals surface area contributed by atoms with E-state index in [1.807, 2.05) is 16.9 Å². The lowest BCUT2D eigenvalue weighted by molar-refractivity contribution is 0.163. The molecule has 25 heavy (non-hydrogen) atoms. The Hall–Kier alpha value is -1.95. The Balaban J connectivity index is 1.27. The van der Waals surface area contributed by atoms with Crippen molar-refractivity contribution >= 4 is 0 Å². The molecule has 2 aromatic rings. The molecule has 6 nitrogen and oxygen atoms in total. The van der Waals surface area contributed by atoms with Gasteiger partial charge in [0.05, 0.1) is 18.4 Å². The number of nitrogens with zero attached hydrogens (tertiary/aromatic N) is 5. The van der Waals surface area contributed by atoms with Crippen LogP contribution in [0, 0.1) is 12.8 Å². The minimum Gasteiger partial charge on any atom is -0.301 e. The molecule has 0 radical (unpaired) electrons. The second kappa shape index (κ2) is 7.12. The molecule has 2 aliphatic rings. The number of likely N-dealkylation sites (tertiary alicyclic amines) is 1. The summed E-state index contributed by atoms with van der Waals surface area (Å²) in [4.78, 5) is 14.6. The molecule has 3 heterocycles. The molecule has 2 aromatic heterocycles. The number of hydrogen-bond acceptors (Lipinski definition) is 4. The van der Waals surface area contributed by atoms with Crippen molar-refractivity contribution in [2.45, 2.75) is 51.6 Å². The second-order valence-corrected chi connectivity index (χ2v) is 7.62. The van der Waals surface area contributed by atoms with Crippen LogP contribution in [-0.2, 0) is 13.1 Å². The zero-order valence-corrected chi connectivity index (χ0v) is 15.0. The molecule has 0 spiro atoms. The van der Waals surface area contributed by atoms with Gasteiger partial charge < -0.3 is 4.90 Å². The molecule has 0 bridgehead atoms. The first-order valence-electron chi connectivity index (χ1n) is 9.47. The molecular weight excluding hydrogens is 314 g/mol. The van der Waals surface area contributed by atoms with E-state index in [9.17, 15) is 4.79 Å². The van der Waals surface area contributed by atoms with Crippen LogP contribution >= 0.6 is 0 Å². The predicted molar refractivity (Wildman–Crippen MR) is 96.6 cm³/mol. The van der Waals surface area contributed by atoms with E-state index in [0.717, 1.165) is 51.3 Å². The van der Waals surface area contributed by atoms with E-state index in [-0.39, 0.29) is 5.56 Å². The van der Waals surface area contributed by atoms with E-state index in [0.29, 0.717) is 11.8 Å². The van der Waals surface area contributed by atoms with Crippen molar-refractivity contribution in [3.63, 3.8) is 0 Å². The van der Waals surface area contributed by atoms with Crippen LogP contribution in [-0.4, -0.2) is 44.1 Å². The van der Waals surface area contributed by atoms with Gasteiger partial charge in [0.25, 0.3) is 5.56 Å². The van der Waals surface area contributed by atoms with Gasteiger partial charge in [-0.3, -0.25) is 9.48 Å². The predicted octanol–water partition coefficient (Wildman–Crippen LogP) is 2.04. The standard InChI is InChI=1S/C19H27N5O/c1-15-12-20-23(13-15)11-10-22-8-6-16(7-9-22)14-24-19(25)5-4-18(21-24)17-2-3-17/h4-5,12-13,16-17H,2-3,6-11,14H2,1H3. The van der Waals surface area contributed by atoms with Crippen LogP contribution < -0.4 is 5.56 Å². The van der Waals surface area contributed by atoms with Gasteiger partial charge in [0.1, 0.15) is 0 Å². The highest BCUT2D eigenvalue weighted by Gasteiger charge is 2.26. The number of piperidine rings is 1. The molecule has 4 rings (SSSR count). The maximum Gasteiger partial charge on any atom is 0.266 e. The molecule has 1 saturated carbocycles. The van der Waals surface area contributed by atoms with Crippen LogP contribution in [0.2, 0.25) is 0 Å². The first kappa shape index (κ1) is 16.5. The Labute approximate surface area is 148 Å². The lowest BCUT2D eigenvalue weighted by Crippen LogP contribution is -2.38. The van der Waals surface area contributed by atoms with Crippen molar-refractivity contribution < 1.29 is 0 Å². The van der Waals surface area contributed by atoms with Gasteiger partial charge >= 0.3 is 0 Å². The fourth-order valence-electron chi connectivity index (χ4n) is 3.66. The third-order valence-electron chi connectivity index (χ3n) is 5.43. The molecule has 1 saturated heterocycles. The summed E-state index contributed by atoms with van der Waals surface area (Å²) in [6.07, 6.45) is 8.73. The van der Waals surface area contributed by atoms with Gasteiger partial charge in [-0.05, 0) is 63.2 Å². The topological polar surface area (TPSA) is 56.0 Å². The van der Waals surface area contributed by atoms with Gasteiger partial charge in [-0.2, -0.15) is 10.2 Å². The maximum absolute atomic E-state index is 12.1. The van der Waals surface area contributed by atoms with Gasteiger partial charge in [0.15, 0.2) is 0 Å². The van der Waals surface area contributed by atoms with Crippen molar-refractivity contribution in [2.75, 3.05) is 19.6 Å². The Morgan fingerprint density at radius 2 is 1.92 bits per heavy atom. The Bertz CT molecular complexity index is 768. The summed E-state index contributed by atoms with van der Waals surface area (Å²) in [7, 11) is 0. The van der Waals surface area contributed by atoms with E-state index in [2.05, 4.69) is 28.2 Å². The van der Waals surface area contributed by atoms with E-state index in [4.69, 9.17) is 0 Å². The highest BCUT2D eigenvalue weighted by molar-refractivity contribution is 5.12. The first-order valence-corrected chi connectivity index (χ1v) is 9.47. The quantitative estimate of drug-likeness (QED) is 0.807. The molecule has 0 aromatic carbocycles. The van der Waals surface area contributed by atoms with Crippen LogP contribution in [0.1, 0.15) is 42.9 Å². The Morgan fingerprint density at radius 1 is 1.12 bits per heavy atom. The molecule has 2 fully saturated rings. The van der Waals surface area contributed by atoms with Crippen LogP contribution in [0.5, 0.6) is 0 Å². The molecule has 1 aliphatic carbocycles. The van der Waals surface area contributed by atoms with Gasteiger partial charge in [0, 0.05) is 31.3 Å². The number of aromatic nitrogens is 4. The molecule has 6 heteroatoms. The Morgan fingerprint density at radius 3 is 2.60 bits per heavy atom. The van der Waals surface area contributed by atoms with E-state index in [1.165, 1.54) is 18.4 Å². The highest BCUT2D eigenvalue weighted by atomic mass is 16.1. The Kier molecular flexibility index (Phi) is 4.70. The van der Waals surface area contributed by atoms with Crippen LogP contribution in [0.25, 0.3) is 0 Å². The molecular formula is C19H27N5O. The summed E-state index contributed by atoms with van der Waals surface area (Å²) in [6, 6.07) is 3.61. The highest BCUT2D eigenvalue weighted by Crippen LogP contribution is 2.38. The van der Waals surface area contributed by atoms with Crippen molar-refractivity contribution in [3.8, 4) is 0 Å². The third-order valence-corrected chi connectivity index (χ3v) is 5.43. The van der Waals surface area contributed by atoms with Crippen molar-refractivity contribution in [2.24, 2.45) is 5.92 Å². The maximum atomic E-state index is 12.1. The number of hydrogen-bond donors (Lipinski definition) is 0. The minimum absolute atomic E-state index is 0.0425. The minimum atomic E-state index is 0.0425. The largest absolute Gasteiger partial charge is 0.301 e. The lowest BCUT2D eigenvalue weighted by atomic mass is 9.97. The zero-order chi connectivity index (χ0) is 17.2. The monoisotopic (exact) mass is 341 g/mol. The molecule has 0 unspecified atom stereocenters. The molecule has 0 atom stereocenters.